The fraction of sp³-hybridized carbons (Fsp3) is 0.158. The van der Waals surface area contributed by atoms with Crippen molar-refractivity contribution in [2.75, 3.05) is 0 Å². The van der Waals surface area contributed by atoms with Gasteiger partial charge in [0.2, 0.25) is 0 Å². The maximum Gasteiger partial charge on any atom is 0.0537 e. The van der Waals surface area contributed by atoms with Gasteiger partial charge in [0, 0.05) is 22.3 Å². The van der Waals surface area contributed by atoms with Crippen molar-refractivity contribution in [1.29, 1.82) is 0 Å². The monoisotopic (exact) mass is 261 g/mol. The van der Waals surface area contributed by atoms with Gasteiger partial charge in [-0.15, -0.1) is 0 Å². The summed E-state index contributed by atoms with van der Waals surface area (Å²) in [5.41, 5.74) is 6.39. The third-order valence-electron chi connectivity index (χ3n) is 3.91. The van der Waals surface area contributed by atoms with Crippen molar-refractivity contribution in [3.63, 3.8) is 0 Å². The lowest BCUT2D eigenvalue weighted by molar-refractivity contribution is 0.950. The number of rotatable bonds is 3. The van der Waals surface area contributed by atoms with Crippen LogP contribution in [-0.4, -0.2) is 4.57 Å². The molecule has 1 heterocycles. The van der Waals surface area contributed by atoms with Crippen LogP contribution in [0.1, 0.15) is 23.7 Å². The molecule has 0 saturated carbocycles. The van der Waals surface area contributed by atoms with Crippen molar-refractivity contribution < 1.29 is 0 Å². The van der Waals surface area contributed by atoms with Crippen LogP contribution in [0, 0.1) is 6.92 Å². The minimum atomic E-state index is 0.990. The van der Waals surface area contributed by atoms with Gasteiger partial charge < -0.3 is 4.57 Å². The highest BCUT2D eigenvalue weighted by molar-refractivity contribution is 5.92. The van der Waals surface area contributed by atoms with E-state index >= 15 is 0 Å². The second-order valence-electron chi connectivity index (χ2n) is 5.06. The van der Waals surface area contributed by atoms with Gasteiger partial charge in [-0.25, -0.2) is 0 Å². The van der Waals surface area contributed by atoms with Gasteiger partial charge in [0.25, 0.3) is 0 Å². The highest BCUT2D eigenvalue weighted by Gasteiger charge is 2.15. The van der Waals surface area contributed by atoms with Gasteiger partial charge >= 0.3 is 0 Å². The largest absolute Gasteiger partial charge is 0.313 e. The number of fused-ring (bicyclic) bond motifs is 1. The van der Waals surface area contributed by atoms with E-state index in [0.717, 1.165) is 6.42 Å². The van der Waals surface area contributed by atoms with Crippen molar-refractivity contribution in [1.82, 2.24) is 4.57 Å². The maximum atomic E-state index is 4.01. The van der Waals surface area contributed by atoms with Gasteiger partial charge in [0.1, 0.15) is 0 Å². The van der Waals surface area contributed by atoms with E-state index in [0.29, 0.717) is 0 Å². The number of benzene rings is 2. The van der Waals surface area contributed by atoms with E-state index in [1.807, 2.05) is 6.08 Å². The molecule has 3 aromatic rings. The molecule has 0 atom stereocenters. The van der Waals surface area contributed by atoms with E-state index in [-0.39, 0.29) is 0 Å². The zero-order valence-electron chi connectivity index (χ0n) is 12.1. The lowest BCUT2D eigenvalue weighted by Crippen LogP contribution is -2.01. The Morgan fingerprint density at radius 1 is 1.05 bits per heavy atom. The average Bonchev–Trinajstić information content (AvgIpc) is 2.81. The van der Waals surface area contributed by atoms with Crippen molar-refractivity contribution in [3.8, 4) is 5.69 Å². The molecule has 3 rings (SSSR count). The minimum Gasteiger partial charge on any atom is -0.313 e. The number of nitrogens with zero attached hydrogens (tertiary/aromatic N) is 1. The minimum absolute atomic E-state index is 0.990. The first-order chi connectivity index (χ1) is 9.77. The molecule has 2 aromatic carbocycles. The summed E-state index contributed by atoms with van der Waals surface area (Å²) in [7, 11) is 0. The lowest BCUT2D eigenvalue weighted by atomic mass is 10.1. The lowest BCUT2D eigenvalue weighted by Gasteiger charge is -2.13. The van der Waals surface area contributed by atoms with Crippen LogP contribution in [0.5, 0.6) is 0 Å². The van der Waals surface area contributed by atoms with Crippen LogP contribution in [0.4, 0.5) is 0 Å². The molecular weight excluding hydrogens is 242 g/mol. The normalized spacial score (nSPS) is 10.9. The molecule has 0 N–H and O–H groups in total. The van der Waals surface area contributed by atoms with E-state index < -0.39 is 0 Å². The molecule has 0 fully saturated rings. The van der Waals surface area contributed by atoms with Crippen molar-refractivity contribution in [3.05, 3.63) is 71.9 Å². The van der Waals surface area contributed by atoms with E-state index in [9.17, 15) is 0 Å². The molecule has 20 heavy (non-hydrogen) atoms. The molecule has 0 aliphatic rings. The molecule has 1 heteroatoms. The van der Waals surface area contributed by atoms with Gasteiger partial charge in [-0.3, -0.25) is 0 Å². The van der Waals surface area contributed by atoms with Crippen molar-refractivity contribution in [2.45, 2.75) is 20.3 Å². The van der Waals surface area contributed by atoms with Crippen molar-refractivity contribution >= 4 is 17.0 Å². The number of hydrogen-bond acceptors (Lipinski definition) is 0. The molecule has 100 valence electrons. The Bertz CT molecular complexity index is 778. The summed E-state index contributed by atoms with van der Waals surface area (Å²) >= 11 is 0. The van der Waals surface area contributed by atoms with Crippen LogP contribution >= 0.6 is 0 Å². The maximum absolute atomic E-state index is 4.01. The Morgan fingerprint density at radius 3 is 2.45 bits per heavy atom. The summed E-state index contributed by atoms with van der Waals surface area (Å²) < 4.78 is 2.38. The highest BCUT2D eigenvalue weighted by Crippen LogP contribution is 2.31. The number of hydrogen-bond donors (Lipinski definition) is 0. The molecule has 0 aliphatic carbocycles. The molecule has 0 bridgehead atoms. The van der Waals surface area contributed by atoms with Gasteiger partial charge in [-0.2, -0.15) is 0 Å². The molecule has 0 unspecified atom stereocenters. The van der Waals surface area contributed by atoms with E-state index in [2.05, 4.69) is 73.5 Å². The summed E-state index contributed by atoms with van der Waals surface area (Å²) in [6.07, 6.45) is 2.97. The quantitative estimate of drug-likeness (QED) is 0.615. The predicted molar refractivity (Wildman–Crippen MR) is 87.5 cm³/mol. The van der Waals surface area contributed by atoms with Crippen LogP contribution in [-0.2, 0) is 6.42 Å². The summed E-state index contributed by atoms with van der Waals surface area (Å²) in [6.45, 7) is 8.37. The summed E-state index contributed by atoms with van der Waals surface area (Å²) in [5, 5.41) is 1.28. The Hall–Kier alpha value is -2.28. The highest BCUT2D eigenvalue weighted by atomic mass is 15.0. The number of para-hydroxylation sites is 2. The Labute approximate surface area is 120 Å². The van der Waals surface area contributed by atoms with E-state index in [4.69, 9.17) is 0 Å². The molecule has 1 aromatic heterocycles. The van der Waals surface area contributed by atoms with Crippen molar-refractivity contribution in [2.24, 2.45) is 0 Å². The topological polar surface area (TPSA) is 4.93 Å². The smallest absolute Gasteiger partial charge is 0.0537 e. The fourth-order valence-electron chi connectivity index (χ4n) is 2.98. The van der Waals surface area contributed by atoms with Crippen LogP contribution in [0.15, 0.2) is 55.1 Å². The zero-order chi connectivity index (χ0) is 14.1. The van der Waals surface area contributed by atoms with E-state index in [1.54, 1.807) is 0 Å². The number of aryl methyl sites for hydroxylation is 1. The molecule has 0 saturated heterocycles. The summed E-state index contributed by atoms with van der Waals surface area (Å²) in [5.74, 6) is 0. The molecule has 0 aliphatic heterocycles. The average molecular weight is 261 g/mol. The van der Waals surface area contributed by atoms with E-state index in [1.165, 1.54) is 33.4 Å². The fourth-order valence-corrected chi connectivity index (χ4v) is 2.98. The Balaban J connectivity index is 2.46. The van der Waals surface area contributed by atoms with Gasteiger partial charge in [0.15, 0.2) is 0 Å². The standard InChI is InChI=1S/C19H19N/c1-4-15-16-11-7-9-13-19(16)20(17(15)5-2)18-12-8-6-10-14(18)3/h4,6-13H,1,5H2,2-3H3. The van der Waals surface area contributed by atoms with Gasteiger partial charge in [0.05, 0.1) is 5.52 Å². The third-order valence-corrected chi connectivity index (χ3v) is 3.91. The number of aromatic nitrogens is 1. The molecule has 1 nitrogen and oxygen atoms in total. The Morgan fingerprint density at radius 2 is 1.75 bits per heavy atom. The SMILES string of the molecule is C=Cc1c(CC)n(-c2ccccc2C)c2ccccc12. The Kier molecular flexibility index (Phi) is 3.19. The first-order valence-electron chi connectivity index (χ1n) is 7.08. The first kappa shape index (κ1) is 12.7. The van der Waals surface area contributed by atoms with Crippen LogP contribution < -0.4 is 0 Å². The zero-order valence-corrected chi connectivity index (χ0v) is 12.1. The summed E-state index contributed by atoms with van der Waals surface area (Å²) in [6, 6.07) is 17.1. The van der Waals surface area contributed by atoms with Gasteiger partial charge in [-0.05, 0) is 31.0 Å². The van der Waals surface area contributed by atoms with Gasteiger partial charge in [-0.1, -0.05) is 56.0 Å². The molecular formula is C19H19N. The molecule has 0 amide bonds. The summed E-state index contributed by atoms with van der Waals surface area (Å²) in [4.78, 5) is 0. The second-order valence-corrected chi connectivity index (χ2v) is 5.06. The molecule has 0 radical (unpaired) electrons. The second kappa shape index (κ2) is 5.01. The third kappa shape index (κ3) is 1.78. The van der Waals surface area contributed by atoms with Crippen LogP contribution in [0.3, 0.4) is 0 Å². The van der Waals surface area contributed by atoms with Crippen LogP contribution in [0.2, 0.25) is 0 Å². The predicted octanol–water partition coefficient (Wildman–Crippen LogP) is 5.14. The molecule has 0 spiro atoms. The first-order valence-corrected chi connectivity index (χ1v) is 7.08. The van der Waals surface area contributed by atoms with Crippen LogP contribution in [0.25, 0.3) is 22.7 Å².